The molecule has 0 spiro atoms. The molecular formula is C16H21ClN2. The predicted octanol–water partition coefficient (Wildman–Crippen LogP) is 4.78. The van der Waals surface area contributed by atoms with E-state index in [9.17, 15) is 0 Å². The first-order valence-corrected chi connectivity index (χ1v) is 7.09. The van der Waals surface area contributed by atoms with E-state index in [1.807, 2.05) is 13.0 Å². The standard InChI is InChI=1S/C16H21ClN2/c1-5-10(2)12(4)18-9-14-7-13-8-15(17)11(3)6-16(13)19-14/h6-8,10,18-19H,4-5,9H2,1-3H3. The van der Waals surface area contributed by atoms with Crippen LogP contribution in [0, 0.1) is 12.8 Å². The molecule has 0 fully saturated rings. The molecule has 0 saturated heterocycles. The largest absolute Gasteiger partial charge is 0.383 e. The van der Waals surface area contributed by atoms with Gasteiger partial charge in [-0.05, 0) is 43.0 Å². The van der Waals surface area contributed by atoms with E-state index in [0.717, 1.165) is 45.8 Å². The Morgan fingerprint density at radius 3 is 2.84 bits per heavy atom. The Kier molecular flexibility index (Phi) is 4.20. The molecule has 1 aromatic carbocycles. The first-order chi connectivity index (χ1) is 9.01. The molecule has 1 heterocycles. The van der Waals surface area contributed by atoms with Gasteiger partial charge in [-0.3, -0.25) is 0 Å². The highest BCUT2D eigenvalue weighted by atomic mass is 35.5. The van der Waals surface area contributed by atoms with Crippen LogP contribution in [0.4, 0.5) is 0 Å². The number of hydrogen-bond acceptors (Lipinski definition) is 1. The van der Waals surface area contributed by atoms with Crippen LogP contribution < -0.4 is 5.32 Å². The van der Waals surface area contributed by atoms with Crippen molar-refractivity contribution in [2.75, 3.05) is 0 Å². The highest BCUT2D eigenvalue weighted by Crippen LogP contribution is 2.24. The Morgan fingerprint density at radius 2 is 2.16 bits per heavy atom. The average molecular weight is 277 g/mol. The fourth-order valence-corrected chi connectivity index (χ4v) is 2.22. The van der Waals surface area contributed by atoms with Crippen molar-refractivity contribution in [1.29, 1.82) is 0 Å². The molecule has 0 aliphatic rings. The van der Waals surface area contributed by atoms with Gasteiger partial charge in [0.15, 0.2) is 0 Å². The molecule has 1 aromatic heterocycles. The van der Waals surface area contributed by atoms with Crippen LogP contribution in [0.3, 0.4) is 0 Å². The lowest BCUT2D eigenvalue weighted by molar-refractivity contribution is 0.587. The smallest absolute Gasteiger partial charge is 0.0548 e. The van der Waals surface area contributed by atoms with Gasteiger partial charge < -0.3 is 10.3 Å². The monoisotopic (exact) mass is 276 g/mol. The van der Waals surface area contributed by atoms with Crippen molar-refractivity contribution in [2.45, 2.75) is 33.7 Å². The zero-order valence-corrected chi connectivity index (χ0v) is 12.6. The van der Waals surface area contributed by atoms with Gasteiger partial charge in [-0.2, -0.15) is 0 Å². The summed E-state index contributed by atoms with van der Waals surface area (Å²) in [4.78, 5) is 3.41. The number of allylic oxidation sites excluding steroid dienone is 1. The van der Waals surface area contributed by atoms with E-state index in [2.05, 4.69) is 42.9 Å². The number of aromatic nitrogens is 1. The maximum Gasteiger partial charge on any atom is 0.0548 e. The summed E-state index contributed by atoms with van der Waals surface area (Å²) in [7, 11) is 0. The molecule has 2 aromatic rings. The number of rotatable bonds is 5. The first-order valence-electron chi connectivity index (χ1n) is 6.71. The third-order valence-corrected chi connectivity index (χ3v) is 4.08. The third kappa shape index (κ3) is 3.13. The van der Waals surface area contributed by atoms with Crippen molar-refractivity contribution >= 4 is 22.5 Å². The quantitative estimate of drug-likeness (QED) is 0.808. The molecule has 0 aliphatic carbocycles. The maximum absolute atomic E-state index is 6.14. The molecule has 2 N–H and O–H groups in total. The number of halogens is 1. The lowest BCUT2D eigenvalue weighted by Crippen LogP contribution is -2.17. The lowest BCUT2D eigenvalue weighted by Gasteiger charge is -2.14. The fourth-order valence-electron chi connectivity index (χ4n) is 2.05. The van der Waals surface area contributed by atoms with Gasteiger partial charge in [0.25, 0.3) is 0 Å². The molecule has 0 amide bonds. The van der Waals surface area contributed by atoms with Crippen LogP contribution in [-0.4, -0.2) is 4.98 Å². The summed E-state index contributed by atoms with van der Waals surface area (Å²) in [6, 6.07) is 6.23. The Morgan fingerprint density at radius 1 is 1.42 bits per heavy atom. The Hall–Kier alpha value is -1.41. The van der Waals surface area contributed by atoms with E-state index in [1.165, 1.54) is 0 Å². The molecule has 1 atom stereocenters. The zero-order valence-electron chi connectivity index (χ0n) is 11.8. The van der Waals surface area contributed by atoms with E-state index >= 15 is 0 Å². The Balaban J connectivity index is 2.12. The van der Waals surface area contributed by atoms with Crippen LogP contribution in [0.25, 0.3) is 10.9 Å². The van der Waals surface area contributed by atoms with Crippen LogP contribution in [0.1, 0.15) is 31.5 Å². The second-order valence-corrected chi connectivity index (χ2v) is 5.58. The molecule has 0 aliphatic heterocycles. The lowest BCUT2D eigenvalue weighted by atomic mass is 10.1. The van der Waals surface area contributed by atoms with Crippen LogP contribution in [0.5, 0.6) is 0 Å². The number of H-pyrrole nitrogens is 1. The molecule has 0 radical (unpaired) electrons. The minimum absolute atomic E-state index is 0.501. The molecule has 2 nitrogen and oxygen atoms in total. The summed E-state index contributed by atoms with van der Waals surface area (Å²) < 4.78 is 0. The van der Waals surface area contributed by atoms with Crippen molar-refractivity contribution in [2.24, 2.45) is 5.92 Å². The summed E-state index contributed by atoms with van der Waals surface area (Å²) in [6.45, 7) is 11.2. The van der Waals surface area contributed by atoms with Crippen LogP contribution in [0.2, 0.25) is 5.02 Å². The second-order valence-electron chi connectivity index (χ2n) is 5.17. The van der Waals surface area contributed by atoms with Crippen molar-refractivity contribution in [3.63, 3.8) is 0 Å². The van der Waals surface area contributed by atoms with Gasteiger partial charge >= 0.3 is 0 Å². The molecular weight excluding hydrogens is 256 g/mol. The molecule has 19 heavy (non-hydrogen) atoms. The first kappa shape index (κ1) is 14.0. The number of nitrogens with one attached hydrogen (secondary N) is 2. The minimum atomic E-state index is 0.501. The molecule has 0 bridgehead atoms. The zero-order chi connectivity index (χ0) is 14.0. The summed E-state index contributed by atoms with van der Waals surface area (Å²) >= 11 is 6.14. The molecule has 102 valence electrons. The Bertz CT molecular complexity index is 559. The third-order valence-electron chi connectivity index (χ3n) is 3.67. The maximum atomic E-state index is 6.14. The van der Waals surface area contributed by atoms with Crippen molar-refractivity contribution in [3.05, 3.63) is 46.8 Å². The van der Waals surface area contributed by atoms with Gasteiger partial charge in [-0.1, -0.05) is 32.0 Å². The second kappa shape index (κ2) is 5.70. The summed E-state index contributed by atoms with van der Waals surface area (Å²) in [5, 5.41) is 5.35. The average Bonchev–Trinajstić information content (AvgIpc) is 2.77. The topological polar surface area (TPSA) is 27.8 Å². The predicted molar refractivity (Wildman–Crippen MR) is 83.5 cm³/mol. The molecule has 0 saturated carbocycles. The minimum Gasteiger partial charge on any atom is -0.383 e. The number of aryl methyl sites for hydroxylation is 1. The number of benzene rings is 1. The number of hydrogen-bond donors (Lipinski definition) is 2. The highest BCUT2D eigenvalue weighted by Gasteiger charge is 2.06. The molecule has 2 rings (SSSR count). The van der Waals surface area contributed by atoms with Crippen LogP contribution in [0.15, 0.2) is 30.5 Å². The van der Waals surface area contributed by atoms with Gasteiger partial charge in [-0.15, -0.1) is 0 Å². The van der Waals surface area contributed by atoms with Gasteiger partial charge in [0.1, 0.15) is 0 Å². The normalized spacial score (nSPS) is 12.6. The van der Waals surface area contributed by atoms with Gasteiger partial charge in [0.05, 0.1) is 6.54 Å². The van der Waals surface area contributed by atoms with Gasteiger partial charge in [0, 0.05) is 27.3 Å². The van der Waals surface area contributed by atoms with Crippen LogP contribution >= 0.6 is 11.6 Å². The Labute approximate surface area is 119 Å². The molecule has 3 heteroatoms. The van der Waals surface area contributed by atoms with Crippen molar-refractivity contribution < 1.29 is 0 Å². The van der Waals surface area contributed by atoms with Crippen LogP contribution in [-0.2, 0) is 6.54 Å². The number of aromatic amines is 1. The highest BCUT2D eigenvalue weighted by molar-refractivity contribution is 6.32. The van der Waals surface area contributed by atoms with E-state index in [1.54, 1.807) is 0 Å². The van der Waals surface area contributed by atoms with E-state index in [-0.39, 0.29) is 0 Å². The summed E-state index contributed by atoms with van der Waals surface area (Å²) in [5.74, 6) is 0.501. The van der Waals surface area contributed by atoms with Crippen molar-refractivity contribution in [3.8, 4) is 0 Å². The number of fused-ring (bicyclic) bond motifs is 1. The molecule has 1 unspecified atom stereocenters. The summed E-state index contributed by atoms with van der Waals surface area (Å²) in [5.41, 5.74) is 4.48. The van der Waals surface area contributed by atoms with Crippen molar-refractivity contribution in [1.82, 2.24) is 10.3 Å². The fraction of sp³-hybridized carbons (Fsp3) is 0.375. The van der Waals surface area contributed by atoms with E-state index in [0.29, 0.717) is 5.92 Å². The van der Waals surface area contributed by atoms with E-state index in [4.69, 9.17) is 11.6 Å². The summed E-state index contributed by atoms with van der Waals surface area (Å²) in [6.07, 6.45) is 1.10. The SMILES string of the molecule is C=C(NCc1cc2cc(Cl)c(C)cc2[nH]1)C(C)CC. The van der Waals surface area contributed by atoms with Gasteiger partial charge in [-0.25, -0.2) is 0 Å². The van der Waals surface area contributed by atoms with E-state index < -0.39 is 0 Å². The van der Waals surface area contributed by atoms with Gasteiger partial charge in [0.2, 0.25) is 0 Å².